The van der Waals surface area contributed by atoms with E-state index < -0.39 is 0 Å². The van der Waals surface area contributed by atoms with Crippen molar-refractivity contribution in [2.45, 2.75) is 89.3 Å². The predicted octanol–water partition coefficient (Wildman–Crippen LogP) is 5.70. The summed E-state index contributed by atoms with van der Waals surface area (Å²) in [7, 11) is 0. The highest BCUT2D eigenvalue weighted by Crippen LogP contribution is 2.96. The number of rotatable bonds is 2. The third-order valence-corrected chi connectivity index (χ3v) is 16.8. The third kappa shape index (κ3) is 1.28. The monoisotopic (exact) mass is 432 g/mol. The first-order valence-corrected chi connectivity index (χ1v) is 14.7. The predicted molar refractivity (Wildman–Crippen MR) is 120 cm³/mol. The molecule has 14 bridgehead atoms. The molecule has 0 aromatic rings. The molecule has 2 spiro atoms. The molecule has 13 saturated carbocycles. The summed E-state index contributed by atoms with van der Waals surface area (Å²) in [5.41, 5.74) is 3.12. The molecule has 15 fully saturated rings. The Morgan fingerprint density at radius 3 is 1.12 bits per heavy atom. The zero-order valence-electron chi connectivity index (χ0n) is 20.1. The van der Waals surface area contributed by atoms with Crippen LogP contribution >= 0.6 is 0 Å². The molecule has 2 aliphatic heterocycles. The van der Waals surface area contributed by atoms with Gasteiger partial charge in [0.2, 0.25) is 0 Å². The molecule has 15 rings (SSSR count). The van der Waals surface area contributed by atoms with E-state index in [1.165, 1.54) is 12.8 Å². The van der Waals surface area contributed by atoms with Crippen LogP contribution in [-0.4, -0.2) is 24.4 Å². The molecule has 15 aliphatic rings. The highest BCUT2D eigenvalue weighted by molar-refractivity contribution is 5.38. The first-order chi connectivity index (χ1) is 15.4. The lowest BCUT2D eigenvalue weighted by Gasteiger charge is -2.94. The molecule has 2 nitrogen and oxygen atoms in total. The lowest BCUT2D eigenvalue weighted by molar-refractivity contribution is -0.469. The fraction of sp³-hybridized carbons (Fsp3) is 1.00. The van der Waals surface area contributed by atoms with Crippen LogP contribution in [0.1, 0.15) is 78.1 Å². The van der Waals surface area contributed by atoms with E-state index in [0.29, 0.717) is 10.8 Å². The van der Waals surface area contributed by atoms with E-state index in [9.17, 15) is 0 Å². The lowest BCUT2D eigenvalue weighted by Crippen LogP contribution is -2.89. The maximum absolute atomic E-state index is 6.50. The van der Waals surface area contributed by atoms with Crippen LogP contribution in [-0.2, 0) is 9.47 Å². The lowest BCUT2D eigenvalue weighted by atomic mass is 9.11. The quantitative estimate of drug-likeness (QED) is 0.558. The zero-order valence-corrected chi connectivity index (χ0v) is 20.1. The molecule has 32 heavy (non-hydrogen) atoms. The van der Waals surface area contributed by atoms with E-state index in [4.69, 9.17) is 9.47 Å². The molecule has 2 heterocycles. The second kappa shape index (κ2) is 4.33. The van der Waals surface area contributed by atoms with Gasteiger partial charge in [0.15, 0.2) is 0 Å². The summed E-state index contributed by atoms with van der Waals surface area (Å²) in [6, 6.07) is 0. The molecular formula is C30H40O2. The largest absolute Gasteiger partial charge is 0.375 e. The molecule has 0 radical (unpaired) electrons. The van der Waals surface area contributed by atoms with E-state index in [2.05, 4.69) is 13.8 Å². The van der Waals surface area contributed by atoms with Gasteiger partial charge in [0.05, 0.1) is 24.4 Å². The average Bonchev–Trinajstić information content (AvgIpc) is 2.73. The Kier molecular flexibility index (Phi) is 2.35. The van der Waals surface area contributed by atoms with Gasteiger partial charge in [-0.15, -0.1) is 0 Å². The van der Waals surface area contributed by atoms with Gasteiger partial charge in [-0.3, -0.25) is 0 Å². The zero-order chi connectivity index (χ0) is 20.7. The van der Waals surface area contributed by atoms with Crippen molar-refractivity contribution in [2.75, 3.05) is 13.2 Å². The summed E-state index contributed by atoms with van der Waals surface area (Å²) in [6.45, 7) is 7.18. The van der Waals surface area contributed by atoms with Crippen molar-refractivity contribution < 1.29 is 9.47 Å². The Morgan fingerprint density at radius 2 is 0.844 bits per heavy atom. The van der Waals surface area contributed by atoms with Gasteiger partial charge in [-0.25, -0.2) is 0 Å². The molecule has 15 unspecified atom stereocenters. The number of hydrogen-bond acceptors (Lipinski definition) is 2. The van der Waals surface area contributed by atoms with E-state index in [0.717, 1.165) is 83.2 Å². The first-order valence-electron chi connectivity index (χ1n) is 14.7. The van der Waals surface area contributed by atoms with E-state index >= 15 is 0 Å². The second-order valence-electron chi connectivity index (χ2n) is 16.4. The molecule has 0 aromatic heterocycles. The van der Waals surface area contributed by atoms with Crippen molar-refractivity contribution >= 4 is 0 Å². The summed E-state index contributed by atoms with van der Waals surface area (Å²) in [4.78, 5) is 0. The molecule has 16 atom stereocenters. The highest BCUT2D eigenvalue weighted by atomic mass is 16.5. The second-order valence-corrected chi connectivity index (χ2v) is 16.4. The van der Waals surface area contributed by atoms with Crippen molar-refractivity contribution in [1.82, 2.24) is 0 Å². The molecule has 0 aromatic carbocycles. The Labute approximate surface area is 192 Å². The van der Waals surface area contributed by atoms with Crippen LogP contribution in [0.2, 0.25) is 0 Å². The van der Waals surface area contributed by atoms with Crippen molar-refractivity contribution in [3.63, 3.8) is 0 Å². The SMILES string of the molecule is CC1(C23CC4C5CC67CC8(C9(C)CCO9)CC9C%10CC(C2)(C4C96)C(C5C3)[C@H]7C%10C8)CCO1. The molecular weight excluding hydrogens is 392 g/mol. The molecule has 172 valence electrons. The van der Waals surface area contributed by atoms with E-state index in [1.54, 1.807) is 51.4 Å². The highest BCUT2D eigenvalue weighted by Gasteiger charge is 2.91. The van der Waals surface area contributed by atoms with E-state index in [-0.39, 0.29) is 11.2 Å². The minimum Gasteiger partial charge on any atom is -0.375 e. The topological polar surface area (TPSA) is 18.5 Å². The summed E-state index contributed by atoms with van der Waals surface area (Å²) >= 11 is 0. The van der Waals surface area contributed by atoms with Crippen LogP contribution in [0.4, 0.5) is 0 Å². The Balaban J connectivity index is 1.13. The standard InChI is InChI=1S/C30H40O2/c1-25(3-5-31-25)27-7-17-15-12-30-14-28(26(2)4-6-32-26)9-19-16-11-29(13-27,21(17)23(19)30)22(18(15)8-27)24(30)20(16)10-28/h15-24H,3-14H2,1-2H3/t15?,16?,17?,18?,19?,20?,21-,22?,23?,24?,25?,26?,27?,28?,29?,30?/m1/s1. The Hall–Kier alpha value is -0.0800. The van der Waals surface area contributed by atoms with Gasteiger partial charge in [0.1, 0.15) is 0 Å². The number of ether oxygens (including phenoxy) is 2. The summed E-state index contributed by atoms with van der Waals surface area (Å²) in [5.74, 6) is 11.1. The Bertz CT molecular complexity index is 882. The minimum absolute atomic E-state index is 0.238. The van der Waals surface area contributed by atoms with Gasteiger partial charge >= 0.3 is 0 Å². The molecule has 13 aliphatic carbocycles. The normalized spacial score (nSPS) is 80.4. The van der Waals surface area contributed by atoms with Crippen LogP contribution in [0, 0.1) is 80.8 Å². The van der Waals surface area contributed by atoms with Gasteiger partial charge in [0.25, 0.3) is 0 Å². The minimum atomic E-state index is 0.238. The van der Waals surface area contributed by atoms with Gasteiger partial charge in [0, 0.05) is 23.7 Å². The van der Waals surface area contributed by atoms with Crippen LogP contribution < -0.4 is 0 Å². The van der Waals surface area contributed by atoms with Crippen molar-refractivity contribution in [3.05, 3.63) is 0 Å². The fourth-order valence-corrected chi connectivity index (χ4v) is 16.5. The smallest absolute Gasteiger partial charge is 0.0732 e. The molecule has 0 amide bonds. The summed E-state index contributed by atoms with van der Waals surface area (Å²) in [6.07, 6.45) is 15.5. The van der Waals surface area contributed by atoms with Gasteiger partial charge < -0.3 is 9.47 Å². The maximum atomic E-state index is 6.50. The Morgan fingerprint density at radius 1 is 0.500 bits per heavy atom. The fourth-order valence-electron chi connectivity index (χ4n) is 16.5. The van der Waals surface area contributed by atoms with Crippen molar-refractivity contribution in [1.29, 1.82) is 0 Å². The number of hydrogen-bond donors (Lipinski definition) is 0. The molecule has 2 heteroatoms. The molecule has 2 saturated heterocycles. The first kappa shape index (κ1) is 17.4. The third-order valence-electron chi connectivity index (χ3n) is 16.8. The van der Waals surface area contributed by atoms with Crippen LogP contribution in [0.5, 0.6) is 0 Å². The van der Waals surface area contributed by atoms with Gasteiger partial charge in [-0.1, -0.05) is 0 Å². The van der Waals surface area contributed by atoms with Gasteiger partial charge in [-0.05, 0) is 135 Å². The van der Waals surface area contributed by atoms with Crippen LogP contribution in [0.15, 0.2) is 0 Å². The van der Waals surface area contributed by atoms with Crippen molar-refractivity contribution in [2.24, 2.45) is 80.8 Å². The summed E-state index contributed by atoms with van der Waals surface area (Å²) < 4.78 is 13.0. The van der Waals surface area contributed by atoms with Crippen molar-refractivity contribution in [3.8, 4) is 0 Å². The summed E-state index contributed by atoms with van der Waals surface area (Å²) in [5, 5.41) is 0. The van der Waals surface area contributed by atoms with E-state index in [1.807, 2.05) is 0 Å². The van der Waals surface area contributed by atoms with Crippen LogP contribution in [0.3, 0.4) is 0 Å². The molecule has 0 N–H and O–H groups in total. The van der Waals surface area contributed by atoms with Crippen LogP contribution in [0.25, 0.3) is 0 Å². The van der Waals surface area contributed by atoms with Gasteiger partial charge in [-0.2, -0.15) is 0 Å². The maximum Gasteiger partial charge on any atom is 0.0732 e. The average molecular weight is 433 g/mol.